The first kappa shape index (κ1) is 14.2. The van der Waals surface area contributed by atoms with Gasteiger partial charge in [-0.15, -0.1) is 11.6 Å². The minimum atomic E-state index is -0.769. The molecule has 18 heavy (non-hydrogen) atoms. The largest absolute Gasteiger partial charge is 0.478 e. The number of nitrogens with zero attached hydrogens (tertiary/aromatic N) is 1. The Hall–Kier alpha value is -1.82. The highest BCUT2D eigenvalue weighted by Gasteiger charge is 2.12. The summed E-state index contributed by atoms with van der Waals surface area (Å²) in [5.74, 6) is -0.0954. The van der Waals surface area contributed by atoms with E-state index >= 15 is 0 Å². The van der Waals surface area contributed by atoms with Gasteiger partial charge in [0.2, 0.25) is 11.8 Å². The van der Waals surface area contributed by atoms with E-state index in [1.165, 1.54) is 13.1 Å². The molecule has 0 aliphatic heterocycles. The summed E-state index contributed by atoms with van der Waals surface area (Å²) in [6.45, 7) is 3.84. The molecule has 2 N–H and O–H groups in total. The Morgan fingerprint density at radius 3 is 2.72 bits per heavy atom. The lowest BCUT2D eigenvalue weighted by atomic mass is 10.4. The van der Waals surface area contributed by atoms with E-state index in [-0.39, 0.29) is 0 Å². The fourth-order valence-corrected chi connectivity index (χ4v) is 1.12. The van der Waals surface area contributed by atoms with Gasteiger partial charge in [-0.25, -0.2) is 9.78 Å². The van der Waals surface area contributed by atoms with E-state index in [0.717, 1.165) is 0 Å². The first-order valence-corrected chi connectivity index (χ1v) is 5.81. The second kappa shape index (κ2) is 6.80. The summed E-state index contributed by atoms with van der Waals surface area (Å²) in [6, 6.07) is 2.58. The highest BCUT2D eigenvalue weighted by molar-refractivity contribution is 6.31. The molecule has 1 rings (SSSR count). The van der Waals surface area contributed by atoms with Gasteiger partial charge >= 0.3 is 6.03 Å². The predicted octanol–water partition coefficient (Wildman–Crippen LogP) is 1.76. The summed E-state index contributed by atoms with van der Waals surface area (Å²) < 4.78 is 5.15. The van der Waals surface area contributed by atoms with E-state index in [4.69, 9.17) is 16.3 Å². The molecule has 0 aliphatic rings. The predicted molar refractivity (Wildman–Crippen MR) is 67.9 cm³/mol. The van der Waals surface area contributed by atoms with Crippen LogP contribution in [0, 0.1) is 0 Å². The Labute approximate surface area is 110 Å². The van der Waals surface area contributed by atoms with Crippen LogP contribution in [0.5, 0.6) is 5.88 Å². The Bertz CT molecular complexity index is 420. The summed E-state index contributed by atoms with van der Waals surface area (Å²) in [5, 5.41) is 3.77. The van der Waals surface area contributed by atoms with Gasteiger partial charge in [-0.1, -0.05) is 0 Å². The second-order valence-corrected chi connectivity index (χ2v) is 4.03. The van der Waals surface area contributed by atoms with E-state index in [1.807, 2.05) is 6.92 Å². The third-order valence-electron chi connectivity index (χ3n) is 1.88. The third kappa shape index (κ3) is 4.58. The number of hydrogen-bond acceptors (Lipinski definition) is 4. The van der Waals surface area contributed by atoms with E-state index in [9.17, 15) is 9.59 Å². The number of amides is 3. The number of alkyl halides is 1. The van der Waals surface area contributed by atoms with Gasteiger partial charge in [-0.2, -0.15) is 0 Å². The second-order valence-electron chi connectivity index (χ2n) is 3.38. The van der Waals surface area contributed by atoms with Crippen molar-refractivity contribution in [1.29, 1.82) is 0 Å². The molecule has 1 atom stereocenters. The van der Waals surface area contributed by atoms with Crippen LogP contribution in [-0.2, 0) is 4.79 Å². The molecule has 1 aromatic rings. The fourth-order valence-electron chi connectivity index (χ4n) is 1.06. The number of aromatic nitrogens is 1. The average Bonchev–Trinajstić information content (AvgIpc) is 2.31. The van der Waals surface area contributed by atoms with E-state index in [0.29, 0.717) is 18.2 Å². The molecule has 0 aliphatic carbocycles. The van der Waals surface area contributed by atoms with Crippen molar-refractivity contribution in [3.8, 4) is 5.88 Å². The zero-order valence-electron chi connectivity index (χ0n) is 10.1. The molecular formula is C11H14ClN3O3. The maximum absolute atomic E-state index is 11.4. The molecule has 7 heteroatoms. The number of urea groups is 1. The zero-order valence-corrected chi connectivity index (χ0v) is 10.8. The first-order chi connectivity index (χ1) is 8.52. The van der Waals surface area contributed by atoms with E-state index < -0.39 is 17.3 Å². The molecule has 0 fully saturated rings. The fraction of sp³-hybridized carbons (Fsp3) is 0.364. The SMILES string of the molecule is CCOc1ccc(NC(=O)NC(=O)C(C)Cl)cn1. The first-order valence-electron chi connectivity index (χ1n) is 5.37. The number of carbonyl (C=O) groups excluding carboxylic acids is 2. The van der Waals surface area contributed by atoms with Crippen molar-refractivity contribution in [3.63, 3.8) is 0 Å². The van der Waals surface area contributed by atoms with Crippen LogP contribution in [0.25, 0.3) is 0 Å². The maximum Gasteiger partial charge on any atom is 0.325 e. The van der Waals surface area contributed by atoms with Crippen LogP contribution in [0.15, 0.2) is 18.3 Å². The lowest BCUT2D eigenvalue weighted by Gasteiger charge is -2.08. The van der Waals surface area contributed by atoms with Crippen molar-refractivity contribution in [3.05, 3.63) is 18.3 Å². The zero-order chi connectivity index (χ0) is 13.5. The number of anilines is 1. The number of nitrogens with one attached hydrogen (secondary N) is 2. The summed E-state index contributed by atoms with van der Waals surface area (Å²) in [6.07, 6.45) is 1.43. The molecule has 1 aromatic heterocycles. The molecule has 1 unspecified atom stereocenters. The Morgan fingerprint density at radius 1 is 1.50 bits per heavy atom. The number of halogens is 1. The average molecular weight is 272 g/mol. The molecule has 98 valence electrons. The van der Waals surface area contributed by atoms with Gasteiger partial charge in [0.1, 0.15) is 5.38 Å². The van der Waals surface area contributed by atoms with E-state index in [1.54, 1.807) is 12.1 Å². The highest BCUT2D eigenvalue weighted by Crippen LogP contribution is 2.11. The van der Waals surface area contributed by atoms with Gasteiger partial charge in [0, 0.05) is 6.07 Å². The highest BCUT2D eigenvalue weighted by atomic mass is 35.5. The smallest absolute Gasteiger partial charge is 0.325 e. The molecule has 0 radical (unpaired) electrons. The minimum absolute atomic E-state index is 0.450. The van der Waals surface area contributed by atoms with Crippen LogP contribution in [0.4, 0.5) is 10.5 Å². The standard InChI is InChI=1S/C11H14ClN3O3/c1-3-18-9-5-4-8(6-13-9)14-11(17)15-10(16)7(2)12/h4-7H,3H2,1-2H3,(H2,14,15,16,17). The van der Waals surface area contributed by atoms with Gasteiger partial charge in [0.05, 0.1) is 18.5 Å². The van der Waals surface area contributed by atoms with Gasteiger partial charge < -0.3 is 10.1 Å². The molecule has 0 aromatic carbocycles. The molecular weight excluding hydrogens is 258 g/mol. The number of carbonyl (C=O) groups is 2. The monoisotopic (exact) mass is 271 g/mol. The summed E-state index contributed by atoms with van der Waals surface area (Å²) >= 11 is 5.51. The van der Waals surface area contributed by atoms with Gasteiger partial charge in [-0.3, -0.25) is 10.1 Å². The molecule has 0 saturated carbocycles. The van der Waals surface area contributed by atoms with Crippen LogP contribution in [0.2, 0.25) is 0 Å². The molecule has 0 spiro atoms. The number of ether oxygens (including phenoxy) is 1. The quantitative estimate of drug-likeness (QED) is 0.818. The number of imide groups is 1. The van der Waals surface area contributed by atoms with Crippen LogP contribution in [0.3, 0.4) is 0 Å². The van der Waals surface area contributed by atoms with Gasteiger partial charge in [0.15, 0.2) is 0 Å². The molecule has 6 nitrogen and oxygen atoms in total. The summed E-state index contributed by atoms with van der Waals surface area (Å²) in [5.41, 5.74) is 0.450. The van der Waals surface area contributed by atoms with Gasteiger partial charge in [0.25, 0.3) is 0 Å². The number of pyridine rings is 1. The van der Waals surface area contributed by atoms with Crippen molar-refractivity contribution in [2.24, 2.45) is 0 Å². The third-order valence-corrected chi connectivity index (χ3v) is 2.08. The Balaban J connectivity index is 2.51. The minimum Gasteiger partial charge on any atom is -0.478 e. The molecule has 3 amide bonds. The molecule has 0 saturated heterocycles. The van der Waals surface area contributed by atoms with E-state index in [2.05, 4.69) is 15.6 Å². The summed E-state index contributed by atoms with van der Waals surface area (Å²) in [4.78, 5) is 26.5. The van der Waals surface area contributed by atoms with Crippen LogP contribution in [-0.4, -0.2) is 28.9 Å². The van der Waals surface area contributed by atoms with Crippen LogP contribution < -0.4 is 15.4 Å². The van der Waals surface area contributed by atoms with Crippen LogP contribution in [0.1, 0.15) is 13.8 Å². The number of rotatable bonds is 4. The molecule has 0 bridgehead atoms. The Morgan fingerprint density at radius 2 is 2.22 bits per heavy atom. The van der Waals surface area contributed by atoms with Crippen LogP contribution >= 0.6 is 11.6 Å². The lowest BCUT2D eigenvalue weighted by Crippen LogP contribution is -2.38. The lowest BCUT2D eigenvalue weighted by molar-refractivity contribution is -0.119. The van der Waals surface area contributed by atoms with Crippen molar-refractivity contribution in [2.75, 3.05) is 11.9 Å². The number of hydrogen-bond donors (Lipinski definition) is 2. The van der Waals surface area contributed by atoms with Gasteiger partial charge in [-0.05, 0) is 19.9 Å². The summed E-state index contributed by atoms with van der Waals surface area (Å²) in [7, 11) is 0. The maximum atomic E-state index is 11.4. The van der Waals surface area contributed by atoms with Crippen molar-refractivity contribution in [1.82, 2.24) is 10.3 Å². The Kier molecular flexibility index (Phi) is 5.38. The van der Waals surface area contributed by atoms with Crippen molar-refractivity contribution in [2.45, 2.75) is 19.2 Å². The topological polar surface area (TPSA) is 80.3 Å². The molecule has 1 heterocycles. The van der Waals surface area contributed by atoms with Crippen molar-refractivity contribution >= 4 is 29.2 Å². The van der Waals surface area contributed by atoms with Crippen molar-refractivity contribution < 1.29 is 14.3 Å². The normalized spacial score (nSPS) is 11.5.